The van der Waals surface area contributed by atoms with Gasteiger partial charge in [-0.05, 0) is 30.5 Å². The molecule has 0 aliphatic carbocycles. The smallest absolute Gasteiger partial charge is 0.220 e. The van der Waals surface area contributed by atoms with Crippen LogP contribution in [-0.2, 0) is 11.2 Å². The summed E-state index contributed by atoms with van der Waals surface area (Å²) in [5.41, 5.74) is 6.26. The van der Waals surface area contributed by atoms with Crippen LogP contribution in [0.4, 0.5) is 0 Å². The minimum atomic E-state index is -0.263. The molecular weight excluding hydrogens is 178 g/mol. The average Bonchev–Trinajstić information content (AvgIpc) is 2.16. The molecule has 3 heteroatoms. The van der Waals surface area contributed by atoms with Gasteiger partial charge >= 0.3 is 0 Å². The van der Waals surface area contributed by atoms with Crippen molar-refractivity contribution >= 4 is 5.91 Å². The van der Waals surface area contributed by atoms with E-state index in [9.17, 15) is 4.79 Å². The van der Waals surface area contributed by atoms with E-state index in [0.717, 1.165) is 12.0 Å². The van der Waals surface area contributed by atoms with Crippen molar-refractivity contribution in [2.45, 2.75) is 19.8 Å². The van der Waals surface area contributed by atoms with Crippen molar-refractivity contribution in [3.8, 4) is 5.75 Å². The molecule has 1 atom stereocenters. The molecule has 1 rings (SSSR count). The van der Waals surface area contributed by atoms with Crippen molar-refractivity contribution in [1.29, 1.82) is 0 Å². The summed E-state index contributed by atoms with van der Waals surface area (Å²) in [6.45, 7) is 1.94. The summed E-state index contributed by atoms with van der Waals surface area (Å²) >= 11 is 0. The molecule has 0 saturated carbocycles. The Balaban J connectivity index is 2.67. The minimum Gasteiger partial charge on any atom is -0.508 e. The first-order chi connectivity index (χ1) is 6.63. The summed E-state index contributed by atoms with van der Waals surface area (Å²) in [7, 11) is 0. The number of phenolic OH excluding ortho intramolecular Hbond substituents is 1. The molecule has 0 fully saturated rings. The first-order valence-corrected chi connectivity index (χ1v) is 4.70. The molecular formula is C11H15NO2. The van der Waals surface area contributed by atoms with Crippen LogP contribution >= 0.6 is 0 Å². The quantitative estimate of drug-likeness (QED) is 0.760. The van der Waals surface area contributed by atoms with Crippen LogP contribution in [0, 0.1) is 5.92 Å². The van der Waals surface area contributed by atoms with Crippen molar-refractivity contribution in [3.05, 3.63) is 29.8 Å². The fourth-order valence-electron chi connectivity index (χ4n) is 1.36. The monoisotopic (exact) mass is 193 g/mol. The summed E-state index contributed by atoms with van der Waals surface area (Å²) < 4.78 is 0. The van der Waals surface area contributed by atoms with E-state index in [4.69, 9.17) is 10.8 Å². The number of hydrogen-bond donors (Lipinski definition) is 2. The molecule has 3 nitrogen and oxygen atoms in total. The van der Waals surface area contributed by atoms with E-state index in [2.05, 4.69) is 0 Å². The molecule has 0 aliphatic rings. The lowest BCUT2D eigenvalue weighted by molar-refractivity contribution is -0.121. The number of hydrogen-bond acceptors (Lipinski definition) is 2. The normalized spacial score (nSPS) is 12.4. The molecule has 0 aromatic heterocycles. The molecule has 76 valence electrons. The third-order valence-corrected chi connectivity index (χ3v) is 2.31. The van der Waals surface area contributed by atoms with E-state index in [-0.39, 0.29) is 17.6 Å². The number of benzene rings is 1. The van der Waals surface area contributed by atoms with Gasteiger partial charge in [0.15, 0.2) is 0 Å². The second kappa shape index (κ2) is 4.65. The standard InChI is InChI=1S/C11H15NO2/c1-2-9(11(12)14)7-8-3-5-10(13)6-4-8/h3-6,9,13H,2,7H2,1H3,(H2,12,14). The third-order valence-electron chi connectivity index (χ3n) is 2.31. The number of carbonyl (C=O) groups is 1. The lowest BCUT2D eigenvalue weighted by Crippen LogP contribution is -2.24. The lowest BCUT2D eigenvalue weighted by atomic mass is 9.96. The summed E-state index contributed by atoms with van der Waals surface area (Å²) in [4.78, 5) is 11.0. The van der Waals surface area contributed by atoms with Crippen LogP contribution in [0.2, 0.25) is 0 Å². The van der Waals surface area contributed by atoms with E-state index < -0.39 is 0 Å². The van der Waals surface area contributed by atoms with Gasteiger partial charge in [-0.15, -0.1) is 0 Å². The Morgan fingerprint density at radius 3 is 2.43 bits per heavy atom. The van der Waals surface area contributed by atoms with Crippen LogP contribution in [0.25, 0.3) is 0 Å². The van der Waals surface area contributed by atoms with Crippen LogP contribution in [0.1, 0.15) is 18.9 Å². The number of nitrogens with two attached hydrogens (primary N) is 1. The first kappa shape index (κ1) is 10.6. The second-order valence-corrected chi connectivity index (χ2v) is 3.38. The summed E-state index contributed by atoms with van der Waals surface area (Å²) in [6, 6.07) is 6.84. The van der Waals surface area contributed by atoms with Crippen molar-refractivity contribution in [1.82, 2.24) is 0 Å². The maximum absolute atomic E-state index is 11.0. The molecule has 1 aromatic carbocycles. The number of amides is 1. The molecule has 0 spiro atoms. The SMILES string of the molecule is CCC(Cc1ccc(O)cc1)C(N)=O. The van der Waals surface area contributed by atoms with Gasteiger partial charge in [0.2, 0.25) is 5.91 Å². The lowest BCUT2D eigenvalue weighted by Gasteiger charge is -2.10. The predicted molar refractivity (Wildman–Crippen MR) is 54.8 cm³/mol. The molecule has 0 radical (unpaired) electrons. The maximum atomic E-state index is 11.0. The van der Waals surface area contributed by atoms with Crippen molar-refractivity contribution in [2.24, 2.45) is 11.7 Å². The molecule has 1 amide bonds. The zero-order valence-electron chi connectivity index (χ0n) is 8.23. The Kier molecular flexibility index (Phi) is 3.51. The van der Waals surface area contributed by atoms with Crippen LogP contribution < -0.4 is 5.73 Å². The van der Waals surface area contributed by atoms with Crippen LogP contribution in [0.5, 0.6) is 5.75 Å². The summed E-state index contributed by atoms with van der Waals surface area (Å²) in [6.07, 6.45) is 1.39. The van der Waals surface area contributed by atoms with Crippen molar-refractivity contribution in [2.75, 3.05) is 0 Å². The molecule has 3 N–H and O–H groups in total. The number of primary amides is 1. The Hall–Kier alpha value is -1.51. The van der Waals surface area contributed by atoms with E-state index in [1.807, 2.05) is 6.92 Å². The highest BCUT2D eigenvalue weighted by molar-refractivity contribution is 5.76. The van der Waals surface area contributed by atoms with Gasteiger partial charge in [-0.3, -0.25) is 4.79 Å². The number of carbonyl (C=O) groups excluding carboxylic acids is 1. The fourth-order valence-corrected chi connectivity index (χ4v) is 1.36. The van der Waals surface area contributed by atoms with Gasteiger partial charge in [0, 0.05) is 5.92 Å². The van der Waals surface area contributed by atoms with E-state index in [0.29, 0.717) is 6.42 Å². The number of rotatable bonds is 4. The van der Waals surface area contributed by atoms with Gasteiger partial charge in [-0.2, -0.15) is 0 Å². The molecule has 0 saturated heterocycles. The number of aromatic hydroxyl groups is 1. The second-order valence-electron chi connectivity index (χ2n) is 3.38. The highest BCUT2D eigenvalue weighted by Gasteiger charge is 2.12. The molecule has 14 heavy (non-hydrogen) atoms. The van der Waals surface area contributed by atoms with Crippen LogP contribution in [0.3, 0.4) is 0 Å². The Morgan fingerprint density at radius 1 is 1.43 bits per heavy atom. The molecule has 0 bridgehead atoms. The van der Waals surface area contributed by atoms with Gasteiger partial charge in [-0.1, -0.05) is 19.1 Å². The third kappa shape index (κ3) is 2.76. The van der Waals surface area contributed by atoms with Crippen LogP contribution in [-0.4, -0.2) is 11.0 Å². The van der Waals surface area contributed by atoms with Crippen molar-refractivity contribution < 1.29 is 9.90 Å². The fraction of sp³-hybridized carbons (Fsp3) is 0.364. The zero-order chi connectivity index (χ0) is 10.6. The zero-order valence-corrected chi connectivity index (χ0v) is 8.23. The topological polar surface area (TPSA) is 63.3 Å². The predicted octanol–water partition coefficient (Wildman–Crippen LogP) is 1.45. The van der Waals surface area contributed by atoms with Gasteiger partial charge in [0.05, 0.1) is 0 Å². The van der Waals surface area contributed by atoms with Crippen LogP contribution in [0.15, 0.2) is 24.3 Å². The highest BCUT2D eigenvalue weighted by atomic mass is 16.3. The van der Waals surface area contributed by atoms with Crippen molar-refractivity contribution in [3.63, 3.8) is 0 Å². The average molecular weight is 193 g/mol. The summed E-state index contributed by atoms with van der Waals surface area (Å²) in [5, 5.41) is 9.07. The summed E-state index contributed by atoms with van der Waals surface area (Å²) in [5.74, 6) is -0.138. The Morgan fingerprint density at radius 2 is 2.00 bits per heavy atom. The molecule has 0 aliphatic heterocycles. The van der Waals surface area contributed by atoms with Gasteiger partial charge in [0.1, 0.15) is 5.75 Å². The molecule has 0 heterocycles. The molecule has 1 unspecified atom stereocenters. The largest absolute Gasteiger partial charge is 0.508 e. The van der Waals surface area contributed by atoms with Gasteiger partial charge < -0.3 is 10.8 Å². The minimum absolute atomic E-state index is 0.112. The molecule has 1 aromatic rings. The van der Waals surface area contributed by atoms with Gasteiger partial charge in [0.25, 0.3) is 0 Å². The van der Waals surface area contributed by atoms with Gasteiger partial charge in [-0.25, -0.2) is 0 Å². The number of phenols is 1. The maximum Gasteiger partial charge on any atom is 0.220 e. The Labute approximate surface area is 83.6 Å². The van der Waals surface area contributed by atoms with E-state index >= 15 is 0 Å². The Bertz CT molecular complexity index is 306. The first-order valence-electron chi connectivity index (χ1n) is 4.70. The van der Waals surface area contributed by atoms with E-state index in [1.165, 1.54) is 0 Å². The van der Waals surface area contributed by atoms with E-state index in [1.54, 1.807) is 24.3 Å². The highest BCUT2D eigenvalue weighted by Crippen LogP contribution is 2.15.